The molecule has 0 aromatic rings. The fourth-order valence-corrected chi connectivity index (χ4v) is 15.4. The van der Waals surface area contributed by atoms with Gasteiger partial charge in [-0.3, -0.25) is 67.5 Å². The molecule has 4 rings (SSSR count). The van der Waals surface area contributed by atoms with Crippen LogP contribution in [0.15, 0.2) is 0 Å². The first-order valence-corrected chi connectivity index (χ1v) is 40.1. The van der Waals surface area contributed by atoms with Crippen LogP contribution < -0.4 is 21.3 Å². The number of ether oxygens (including phenoxy) is 1. The van der Waals surface area contributed by atoms with Crippen molar-refractivity contribution in [2.24, 2.45) is 41.4 Å². The zero-order valence-corrected chi connectivity index (χ0v) is 69.5. The summed E-state index contributed by atoms with van der Waals surface area (Å²) in [6.07, 6.45) is 5.44. The van der Waals surface area contributed by atoms with Crippen molar-refractivity contribution in [3.63, 3.8) is 0 Å². The lowest BCUT2D eigenvalue weighted by molar-refractivity contribution is -0.165. The molecule has 13 amide bonds. The lowest BCUT2D eigenvalue weighted by Crippen LogP contribution is -2.62. The number of likely N-dealkylation sites (tertiary alicyclic amines) is 1. The van der Waals surface area contributed by atoms with Crippen molar-refractivity contribution in [3.8, 4) is 0 Å². The number of unbranched alkanes of at least 4 members (excludes halogenated alkanes) is 1. The van der Waals surface area contributed by atoms with Crippen molar-refractivity contribution in [2.45, 2.75) is 290 Å². The topological polar surface area (TPSA) is 349 Å². The van der Waals surface area contributed by atoms with Crippen molar-refractivity contribution in [1.82, 2.24) is 65.5 Å². The molecule has 2 aliphatic carbocycles. The number of carbonyl (C=O) groups is 13. The summed E-state index contributed by atoms with van der Waals surface area (Å²) in [5.41, 5.74) is -0.859. The van der Waals surface area contributed by atoms with Crippen molar-refractivity contribution >= 4 is 88.4 Å². The quantitative estimate of drug-likeness (QED) is 0.0520. The van der Waals surface area contributed by atoms with Crippen molar-refractivity contribution in [2.75, 3.05) is 88.7 Å². The summed E-state index contributed by atoms with van der Waals surface area (Å²) >= 11 is 6.79. The molecule has 616 valence electrons. The van der Waals surface area contributed by atoms with E-state index >= 15 is 38.4 Å². The first kappa shape index (κ1) is 93.7. The molecular formula is C78H136ClN13O16. The standard InChI is InChI=1S/C78H136ClN13O16/c1-21-22-33-92-45-66(96)86(16)63(39-50(8)9)76(105)89(19)60(37-48(4)5)69(98)82-58(46-108-78(11,12)13)74(103)88(18)59(36-47(2)3)68(97)81-57(75(104)91-34-24-23-25-35-91)43-64(94)84(14)44-65(95)85(15)62(42-53-27-26-28-55(79)40-53)70(99)80-56(41-52-29-31-54(32-30-52)72(101)90(20)107)73(102)87(17)61(38-49(6)7)71(100)83-67(51(10)93)77(92)106/h47-63,67,93,107H,21-46H2,1-20H3,(H,80,99)(H,81,97)(H,82,98)(H,83,100)/t51-,52?,53?,54?,55?,56+,57+,58+,59+,60+,61+,62+,63+,67+/m1/s1. The molecule has 2 aliphatic heterocycles. The van der Waals surface area contributed by atoms with Gasteiger partial charge < -0.3 is 70.3 Å². The minimum Gasteiger partial charge on any atom is -0.391 e. The lowest BCUT2D eigenvalue weighted by atomic mass is 9.78. The summed E-state index contributed by atoms with van der Waals surface area (Å²) in [6, 6.07) is -12.4. The maximum absolute atomic E-state index is 15.6. The molecule has 0 bridgehead atoms. The Hall–Kier alpha value is -6.72. The van der Waals surface area contributed by atoms with Gasteiger partial charge in [-0.1, -0.05) is 81.6 Å². The predicted octanol–water partition coefficient (Wildman–Crippen LogP) is 5.18. The van der Waals surface area contributed by atoms with Crippen LogP contribution in [0.3, 0.4) is 0 Å². The molecule has 2 unspecified atom stereocenters. The largest absolute Gasteiger partial charge is 0.391 e. The van der Waals surface area contributed by atoms with Crippen LogP contribution in [0.25, 0.3) is 0 Å². The van der Waals surface area contributed by atoms with Gasteiger partial charge in [0.05, 0.1) is 37.8 Å². The number of nitrogens with one attached hydrogen (secondary N) is 4. The van der Waals surface area contributed by atoms with Crippen LogP contribution in [-0.4, -0.2) is 291 Å². The first-order valence-electron chi connectivity index (χ1n) is 39.7. The Morgan fingerprint density at radius 3 is 1.52 bits per heavy atom. The van der Waals surface area contributed by atoms with E-state index in [0.29, 0.717) is 82.4 Å². The number of aliphatic hydroxyl groups is 1. The number of hydroxylamine groups is 2. The van der Waals surface area contributed by atoms with Crippen LogP contribution >= 0.6 is 11.6 Å². The number of halogens is 1. The van der Waals surface area contributed by atoms with Crippen LogP contribution in [-0.2, 0) is 67.1 Å². The summed E-state index contributed by atoms with van der Waals surface area (Å²) < 4.78 is 6.21. The van der Waals surface area contributed by atoms with Gasteiger partial charge in [-0.25, -0.2) is 5.06 Å². The molecule has 0 aromatic carbocycles. The Bertz CT molecular complexity index is 3020. The second-order valence-corrected chi connectivity index (χ2v) is 34.5. The molecule has 4 aliphatic rings. The number of amides is 13. The van der Waals surface area contributed by atoms with Gasteiger partial charge in [-0.2, -0.15) is 0 Å². The van der Waals surface area contributed by atoms with E-state index in [1.54, 1.807) is 25.7 Å². The first-order chi connectivity index (χ1) is 50.4. The number of rotatable bonds is 20. The number of likely N-dealkylation sites (N-methyl/N-ethyl adjacent to an activating group) is 6. The molecule has 4 fully saturated rings. The second kappa shape index (κ2) is 43.8. The molecule has 0 spiro atoms. The minimum absolute atomic E-state index is 0.0125. The highest BCUT2D eigenvalue weighted by molar-refractivity contribution is 6.20. The fraction of sp³-hybridized carbons (Fsp3) is 0.833. The second-order valence-electron chi connectivity index (χ2n) is 33.9. The van der Waals surface area contributed by atoms with Crippen molar-refractivity contribution in [3.05, 3.63) is 0 Å². The summed E-state index contributed by atoms with van der Waals surface area (Å²) in [4.78, 5) is 205. The zero-order valence-electron chi connectivity index (χ0n) is 68.8. The molecule has 0 radical (unpaired) electrons. The normalized spacial score (nSPS) is 28.0. The number of aliphatic hydroxyl groups excluding tert-OH is 1. The predicted molar refractivity (Wildman–Crippen MR) is 411 cm³/mol. The molecular weight excluding hydrogens is 1410 g/mol. The van der Waals surface area contributed by atoms with Gasteiger partial charge in [0, 0.05) is 80.3 Å². The Balaban J connectivity index is 2.01. The highest BCUT2D eigenvalue weighted by Gasteiger charge is 2.45. The zero-order chi connectivity index (χ0) is 81.5. The van der Waals surface area contributed by atoms with E-state index in [0.717, 1.165) is 24.2 Å². The number of nitrogens with zero attached hydrogens (tertiary/aromatic N) is 9. The Kier molecular flexibility index (Phi) is 38.0. The monoisotopic (exact) mass is 1550 g/mol. The van der Waals surface area contributed by atoms with Gasteiger partial charge in [-0.05, 0) is 166 Å². The molecule has 2 saturated carbocycles. The SMILES string of the molecule is CCCCN1CC(=O)N(C)[C@@H](CC(C)C)C(=O)N(C)[C@@H](CC(C)C)C(=O)N[C@@H](COC(C)(C)C)C(=O)N(C)[C@@H](CC(C)C)C(=O)N[C@H](C(=O)N2CCCCC2)CC(=O)N(C)CC(=O)N(C)[C@@H](CC2CCCC(Cl)C2)C(=O)N[C@@H](CC2CCC(C(=O)N(C)O)CC2)C(=O)N(C)[C@@H](CC(C)C)C(=O)N[C@@H]([C@@H](C)O)C1=O. The van der Waals surface area contributed by atoms with Crippen LogP contribution in [0.1, 0.15) is 218 Å². The number of carbonyl (C=O) groups excluding carboxylic acids is 13. The van der Waals surface area contributed by atoms with E-state index in [2.05, 4.69) is 21.3 Å². The number of hydrogen-bond donors (Lipinski definition) is 6. The highest BCUT2D eigenvalue weighted by Crippen LogP contribution is 2.35. The van der Waals surface area contributed by atoms with Gasteiger partial charge in [0.15, 0.2) is 0 Å². The van der Waals surface area contributed by atoms with Gasteiger partial charge >= 0.3 is 0 Å². The van der Waals surface area contributed by atoms with Crippen LogP contribution in [0.5, 0.6) is 0 Å². The van der Waals surface area contributed by atoms with E-state index < -0.39 is 175 Å². The van der Waals surface area contributed by atoms with Crippen LogP contribution in [0.2, 0.25) is 0 Å². The van der Waals surface area contributed by atoms with Gasteiger partial charge in [0.25, 0.3) is 0 Å². The number of hydrogen-bond acceptors (Lipinski definition) is 16. The highest BCUT2D eigenvalue weighted by atomic mass is 35.5. The van der Waals surface area contributed by atoms with Gasteiger partial charge in [0.2, 0.25) is 76.8 Å². The third-order valence-electron chi connectivity index (χ3n) is 21.6. The van der Waals surface area contributed by atoms with Crippen LogP contribution in [0.4, 0.5) is 0 Å². The van der Waals surface area contributed by atoms with E-state index in [4.69, 9.17) is 16.3 Å². The van der Waals surface area contributed by atoms with E-state index in [-0.39, 0.29) is 86.0 Å². The molecule has 29 nitrogen and oxygen atoms in total. The van der Waals surface area contributed by atoms with Crippen molar-refractivity contribution in [1.29, 1.82) is 0 Å². The Morgan fingerprint density at radius 2 is 1.02 bits per heavy atom. The summed E-state index contributed by atoms with van der Waals surface area (Å²) in [6.45, 7) is 22.3. The van der Waals surface area contributed by atoms with Gasteiger partial charge in [-0.15, -0.1) is 11.6 Å². The molecule has 12 atom stereocenters. The lowest BCUT2D eigenvalue weighted by Gasteiger charge is -2.38. The molecule has 2 saturated heterocycles. The smallest absolute Gasteiger partial charge is 0.248 e. The van der Waals surface area contributed by atoms with E-state index in [1.807, 2.05) is 62.3 Å². The summed E-state index contributed by atoms with van der Waals surface area (Å²) in [7, 11) is 9.71. The molecule has 30 heteroatoms. The molecule has 6 N–H and O–H groups in total. The van der Waals surface area contributed by atoms with E-state index in [9.17, 15) is 34.3 Å². The minimum atomic E-state index is -1.68. The van der Waals surface area contributed by atoms with Crippen LogP contribution in [0, 0.1) is 41.4 Å². The van der Waals surface area contributed by atoms with Gasteiger partial charge in [0.1, 0.15) is 54.4 Å². The van der Waals surface area contributed by atoms with Crippen molar-refractivity contribution < 1.29 is 77.4 Å². The molecule has 2 heterocycles. The maximum Gasteiger partial charge on any atom is 0.248 e. The summed E-state index contributed by atoms with van der Waals surface area (Å²) in [5.74, 6) is -11.1. The number of piperidine rings is 1. The van der Waals surface area contributed by atoms with E-state index in [1.165, 1.54) is 85.7 Å². The third kappa shape index (κ3) is 28.5. The summed E-state index contributed by atoms with van der Waals surface area (Å²) in [5, 5.41) is 33.4. The maximum atomic E-state index is 15.6. The molecule has 108 heavy (non-hydrogen) atoms. The Labute approximate surface area is 648 Å². The Morgan fingerprint density at radius 1 is 0.546 bits per heavy atom. The average Bonchev–Trinajstić information content (AvgIpc) is 0.821. The third-order valence-corrected chi connectivity index (χ3v) is 22.0. The average molecular weight is 1550 g/mol. The fourth-order valence-electron chi connectivity index (χ4n) is 15.0. The number of alkyl halides is 1. The molecule has 0 aromatic heterocycles.